The Morgan fingerprint density at radius 2 is 2.07 bits per heavy atom. The highest BCUT2D eigenvalue weighted by molar-refractivity contribution is 9.09. The lowest BCUT2D eigenvalue weighted by Crippen LogP contribution is -2.33. The van der Waals surface area contributed by atoms with Gasteiger partial charge in [-0.25, -0.2) is 4.79 Å². The molecule has 1 N–H and O–H groups in total. The number of carbonyl (C=O) groups excluding carboxylic acids is 1. The van der Waals surface area contributed by atoms with Crippen molar-refractivity contribution in [1.29, 1.82) is 0 Å². The van der Waals surface area contributed by atoms with Crippen LogP contribution in [0.3, 0.4) is 0 Å². The third-order valence-corrected chi connectivity index (χ3v) is 2.91. The molecular weight excluding hydrogens is 258 g/mol. The van der Waals surface area contributed by atoms with Crippen molar-refractivity contribution < 1.29 is 9.53 Å². The molecule has 0 aliphatic carbocycles. The topological polar surface area (TPSA) is 38.3 Å². The van der Waals surface area contributed by atoms with E-state index in [-0.39, 0.29) is 6.09 Å². The summed E-state index contributed by atoms with van der Waals surface area (Å²) in [4.78, 5) is 11.2. The molecule has 0 aliphatic rings. The molecular formula is C11H22BrNO2. The highest BCUT2D eigenvalue weighted by Gasteiger charge is 2.15. The van der Waals surface area contributed by atoms with Crippen LogP contribution in [0.2, 0.25) is 0 Å². The normalized spacial score (nSPS) is 13.4. The third kappa shape index (κ3) is 10.0. The lowest BCUT2D eigenvalue weighted by Gasteiger charge is -2.19. The Morgan fingerprint density at radius 3 is 2.53 bits per heavy atom. The maximum absolute atomic E-state index is 11.2. The number of alkyl carbamates (subject to hydrolysis) is 1. The molecule has 0 radical (unpaired) electrons. The molecule has 1 unspecified atom stereocenters. The van der Waals surface area contributed by atoms with Gasteiger partial charge in [-0.2, -0.15) is 0 Å². The van der Waals surface area contributed by atoms with Gasteiger partial charge in [-0.1, -0.05) is 22.9 Å². The van der Waals surface area contributed by atoms with Gasteiger partial charge >= 0.3 is 6.09 Å². The SMILES string of the molecule is CC(CBr)CCCNC(=O)OC(C)(C)C. The van der Waals surface area contributed by atoms with E-state index in [1.807, 2.05) is 20.8 Å². The molecule has 90 valence electrons. The Labute approximate surface area is 101 Å². The molecule has 4 heteroatoms. The summed E-state index contributed by atoms with van der Waals surface area (Å²) < 4.78 is 5.11. The van der Waals surface area contributed by atoms with Gasteiger partial charge in [0.25, 0.3) is 0 Å². The van der Waals surface area contributed by atoms with Gasteiger partial charge in [0, 0.05) is 11.9 Å². The van der Waals surface area contributed by atoms with Crippen LogP contribution >= 0.6 is 15.9 Å². The van der Waals surface area contributed by atoms with Crippen LogP contribution in [-0.2, 0) is 4.74 Å². The molecule has 1 amide bonds. The molecule has 0 aliphatic heterocycles. The maximum Gasteiger partial charge on any atom is 0.407 e. The highest BCUT2D eigenvalue weighted by Crippen LogP contribution is 2.08. The predicted octanol–water partition coefficient (Wildman–Crippen LogP) is 3.32. The molecule has 0 aromatic carbocycles. The average molecular weight is 280 g/mol. The van der Waals surface area contributed by atoms with Crippen LogP contribution in [0.5, 0.6) is 0 Å². The van der Waals surface area contributed by atoms with Gasteiger partial charge in [0.05, 0.1) is 0 Å². The lowest BCUT2D eigenvalue weighted by molar-refractivity contribution is 0.0526. The molecule has 0 aromatic rings. The molecule has 0 heterocycles. The van der Waals surface area contributed by atoms with Gasteiger partial charge in [0.2, 0.25) is 0 Å². The summed E-state index contributed by atoms with van der Waals surface area (Å²) in [7, 11) is 0. The van der Waals surface area contributed by atoms with E-state index in [1.54, 1.807) is 0 Å². The molecule has 1 atom stereocenters. The summed E-state index contributed by atoms with van der Waals surface area (Å²) in [6.07, 6.45) is 1.78. The van der Waals surface area contributed by atoms with Gasteiger partial charge in [0.1, 0.15) is 5.60 Å². The fraction of sp³-hybridized carbons (Fsp3) is 0.909. The first-order valence-electron chi connectivity index (χ1n) is 5.38. The van der Waals surface area contributed by atoms with Gasteiger partial charge < -0.3 is 10.1 Å². The molecule has 0 aromatic heterocycles. The molecule has 0 bridgehead atoms. The first-order valence-corrected chi connectivity index (χ1v) is 6.50. The summed E-state index contributed by atoms with van der Waals surface area (Å²) in [5.74, 6) is 0.658. The van der Waals surface area contributed by atoms with Crippen LogP contribution in [-0.4, -0.2) is 23.6 Å². The smallest absolute Gasteiger partial charge is 0.407 e. The third-order valence-electron chi connectivity index (χ3n) is 1.81. The molecule has 3 nitrogen and oxygen atoms in total. The van der Waals surface area contributed by atoms with E-state index in [4.69, 9.17) is 4.74 Å². The Hall–Kier alpha value is -0.250. The van der Waals surface area contributed by atoms with Gasteiger partial charge in [0.15, 0.2) is 0 Å². The number of hydrogen-bond acceptors (Lipinski definition) is 2. The van der Waals surface area contributed by atoms with E-state index in [2.05, 4.69) is 28.2 Å². The number of alkyl halides is 1. The number of rotatable bonds is 5. The van der Waals surface area contributed by atoms with Crippen LogP contribution in [0, 0.1) is 5.92 Å². The van der Waals surface area contributed by atoms with Gasteiger partial charge in [-0.3, -0.25) is 0 Å². The van der Waals surface area contributed by atoms with Crippen LogP contribution in [0.25, 0.3) is 0 Å². The van der Waals surface area contributed by atoms with Gasteiger partial charge in [-0.15, -0.1) is 0 Å². The van der Waals surface area contributed by atoms with Crippen LogP contribution in [0.15, 0.2) is 0 Å². The van der Waals surface area contributed by atoms with E-state index in [0.717, 1.165) is 18.2 Å². The molecule has 0 rings (SSSR count). The molecule has 0 spiro atoms. The van der Waals surface area contributed by atoms with E-state index in [1.165, 1.54) is 0 Å². The van der Waals surface area contributed by atoms with Crippen molar-refractivity contribution in [3.8, 4) is 0 Å². The van der Waals surface area contributed by atoms with Crippen molar-refractivity contribution in [2.24, 2.45) is 5.92 Å². The summed E-state index contributed by atoms with van der Waals surface area (Å²) in [6.45, 7) is 8.45. The zero-order chi connectivity index (χ0) is 11.9. The summed E-state index contributed by atoms with van der Waals surface area (Å²) in [6, 6.07) is 0. The number of nitrogens with one attached hydrogen (secondary N) is 1. The Kier molecular flexibility index (Phi) is 6.98. The second-order valence-electron chi connectivity index (χ2n) is 4.83. The van der Waals surface area contributed by atoms with E-state index in [0.29, 0.717) is 12.5 Å². The second kappa shape index (κ2) is 7.09. The summed E-state index contributed by atoms with van der Waals surface area (Å²) >= 11 is 3.42. The Morgan fingerprint density at radius 1 is 1.47 bits per heavy atom. The average Bonchev–Trinajstić information content (AvgIpc) is 2.09. The number of hydrogen-bond donors (Lipinski definition) is 1. The summed E-state index contributed by atoms with van der Waals surface area (Å²) in [5, 5.41) is 3.76. The quantitative estimate of drug-likeness (QED) is 0.619. The fourth-order valence-electron chi connectivity index (χ4n) is 1.03. The van der Waals surface area contributed by atoms with Crippen LogP contribution in [0.4, 0.5) is 4.79 Å². The number of halogens is 1. The second-order valence-corrected chi connectivity index (χ2v) is 5.48. The van der Waals surface area contributed by atoms with Crippen molar-refractivity contribution in [2.75, 3.05) is 11.9 Å². The van der Waals surface area contributed by atoms with Crippen molar-refractivity contribution >= 4 is 22.0 Å². The van der Waals surface area contributed by atoms with E-state index < -0.39 is 5.60 Å². The fourth-order valence-corrected chi connectivity index (χ4v) is 1.36. The zero-order valence-corrected chi connectivity index (χ0v) is 11.7. The summed E-state index contributed by atoms with van der Waals surface area (Å²) in [5.41, 5.74) is -0.409. The van der Waals surface area contributed by atoms with E-state index >= 15 is 0 Å². The first kappa shape index (κ1) is 14.8. The molecule has 0 saturated heterocycles. The maximum atomic E-state index is 11.2. The Bertz CT molecular complexity index is 190. The number of carbonyl (C=O) groups is 1. The van der Waals surface area contributed by atoms with Crippen LogP contribution in [0.1, 0.15) is 40.5 Å². The molecule has 15 heavy (non-hydrogen) atoms. The highest BCUT2D eigenvalue weighted by atomic mass is 79.9. The first-order chi connectivity index (χ1) is 6.85. The predicted molar refractivity (Wildman–Crippen MR) is 66.4 cm³/mol. The largest absolute Gasteiger partial charge is 0.444 e. The van der Waals surface area contributed by atoms with Crippen LogP contribution < -0.4 is 5.32 Å². The standard InChI is InChI=1S/C11H22BrNO2/c1-9(8-12)6-5-7-13-10(14)15-11(2,3)4/h9H,5-8H2,1-4H3,(H,13,14). The monoisotopic (exact) mass is 279 g/mol. The van der Waals surface area contributed by atoms with Gasteiger partial charge in [-0.05, 0) is 39.5 Å². The number of ether oxygens (including phenoxy) is 1. The van der Waals surface area contributed by atoms with Crippen molar-refractivity contribution in [3.05, 3.63) is 0 Å². The zero-order valence-electron chi connectivity index (χ0n) is 10.1. The van der Waals surface area contributed by atoms with Crippen molar-refractivity contribution in [2.45, 2.75) is 46.1 Å². The molecule has 0 fully saturated rings. The minimum absolute atomic E-state index is 0.325. The number of amides is 1. The Balaban J connectivity index is 3.48. The van der Waals surface area contributed by atoms with Crippen molar-refractivity contribution in [3.63, 3.8) is 0 Å². The molecule has 0 saturated carbocycles. The van der Waals surface area contributed by atoms with E-state index in [9.17, 15) is 4.79 Å². The minimum Gasteiger partial charge on any atom is -0.444 e. The lowest BCUT2D eigenvalue weighted by atomic mass is 10.1. The van der Waals surface area contributed by atoms with Crippen molar-refractivity contribution in [1.82, 2.24) is 5.32 Å². The minimum atomic E-state index is -0.409.